The second kappa shape index (κ2) is 7.77. The van der Waals surface area contributed by atoms with Crippen LogP contribution in [-0.4, -0.2) is 40.9 Å². The predicted octanol–water partition coefficient (Wildman–Crippen LogP) is 2.78. The molecule has 0 aliphatic carbocycles. The summed E-state index contributed by atoms with van der Waals surface area (Å²) in [4.78, 5) is 31.6. The maximum absolute atomic E-state index is 13.4. The summed E-state index contributed by atoms with van der Waals surface area (Å²) in [5.74, 6) is -1.22. The lowest BCUT2D eigenvalue weighted by Gasteiger charge is -2.30. The van der Waals surface area contributed by atoms with E-state index in [1.165, 1.54) is 6.20 Å². The average molecular weight is 462 g/mol. The van der Waals surface area contributed by atoms with Gasteiger partial charge >= 0.3 is 5.97 Å². The van der Waals surface area contributed by atoms with Crippen molar-refractivity contribution in [2.24, 2.45) is 5.41 Å². The standard InChI is InChI=1S/C17H20FIN2O4/c1-4-25-16(24)10-6-20-15-9(14(10)23)5-12(19)13(21-15)11(7-22)17(2,3)8-18/h5-6,11,22H,4,7-8H2,1-3H3,(H,20,21,23). The Hall–Kier alpha value is -1.55. The van der Waals surface area contributed by atoms with Gasteiger partial charge in [-0.05, 0) is 35.6 Å². The Morgan fingerprint density at radius 1 is 1.52 bits per heavy atom. The van der Waals surface area contributed by atoms with Crippen molar-refractivity contribution in [3.8, 4) is 0 Å². The van der Waals surface area contributed by atoms with Gasteiger partial charge in [-0.3, -0.25) is 9.18 Å². The first-order chi connectivity index (χ1) is 11.8. The highest BCUT2D eigenvalue weighted by Crippen LogP contribution is 2.37. The predicted molar refractivity (Wildman–Crippen MR) is 101 cm³/mol. The molecule has 1 atom stereocenters. The maximum Gasteiger partial charge on any atom is 0.343 e. The number of pyridine rings is 2. The van der Waals surface area contributed by atoms with Crippen molar-refractivity contribution in [3.63, 3.8) is 0 Å². The topological polar surface area (TPSA) is 92.3 Å². The van der Waals surface area contributed by atoms with Crippen LogP contribution < -0.4 is 5.43 Å². The number of hydrogen-bond acceptors (Lipinski definition) is 5. The summed E-state index contributed by atoms with van der Waals surface area (Å²) in [6.45, 7) is 4.36. The fourth-order valence-electron chi connectivity index (χ4n) is 2.54. The molecule has 2 aromatic rings. The quantitative estimate of drug-likeness (QED) is 0.509. The highest BCUT2D eigenvalue weighted by atomic mass is 127. The highest BCUT2D eigenvalue weighted by Gasteiger charge is 2.33. The van der Waals surface area contributed by atoms with Crippen molar-refractivity contribution in [2.75, 3.05) is 19.9 Å². The number of carbonyl (C=O) groups excluding carboxylic acids is 1. The van der Waals surface area contributed by atoms with Crippen molar-refractivity contribution in [1.82, 2.24) is 9.97 Å². The molecule has 6 nitrogen and oxygen atoms in total. The smallest absolute Gasteiger partial charge is 0.343 e. The van der Waals surface area contributed by atoms with Gasteiger partial charge in [-0.15, -0.1) is 0 Å². The Bertz CT molecular complexity index is 850. The maximum atomic E-state index is 13.4. The van der Waals surface area contributed by atoms with Crippen molar-refractivity contribution in [3.05, 3.63) is 37.3 Å². The van der Waals surface area contributed by atoms with E-state index in [2.05, 4.69) is 9.97 Å². The number of alkyl halides is 1. The fraction of sp³-hybridized carbons (Fsp3) is 0.471. The van der Waals surface area contributed by atoms with Gasteiger partial charge in [0.25, 0.3) is 0 Å². The molecule has 0 aromatic carbocycles. The van der Waals surface area contributed by atoms with E-state index >= 15 is 0 Å². The van der Waals surface area contributed by atoms with E-state index in [1.54, 1.807) is 26.8 Å². The van der Waals surface area contributed by atoms with Crippen LogP contribution in [0.5, 0.6) is 0 Å². The molecule has 2 rings (SSSR count). The largest absolute Gasteiger partial charge is 0.462 e. The number of fused-ring (bicyclic) bond motifs is 1. The molecule has 0 saturated carbocycles. The van der Waals surface area contributed by atoms with E-state index < -0.39 is 29.4 Å². The molecule has 0 aliphatic rings. The molecule has 2 aromatic heterocycles. The van der Waals surface area contributed by atoms with Crippen LogP contribution in [0, 0.1) is 8.99 Å². The molecule has 0 radical (unpaired) electrons. The van der Waals surface area contributed by atoms with E-state index in [0.29, 0.717) is 9.26 Å². The van der Waals surface area contributed by atoms with Crippen molar-refractivity contribution < 1.29 is 19.0 Å². The Labute approximate surface area is 157 Å². The number of nitrogens with one attached hydrogen (secondary N) is 1. The number of nitrogens with zero attached hydrogens (tertiary/aromatic N) is 1. The van der Waals surface area contributed by atoms with Gasteiger partial charge in [-0.2, -0.15) is 0 Å². The molecule has 25 heavy (non-hydrogen) atoms. The highest BCUT2D eigenvalue weighted by molar-refractivity contribution is 14.1. The Kier molecular flexibility index (Phi) is 6.15. The average Bonchev–Trinajstić information content (AvgIpc) is 2.57. The van der Waals surface area contributed by atoms with Gasteiger partial charge in [0.2, 0.25) is 5.43 Å². The van der Waals surface area contributed by atoms with E-state index in [-0.39, 0.29) is 29.8 Å². The van der Waals surface area contributed by atoms with Crippen molar-refractivity contribution in [1.29, 1.82) is 0 Å². The molecule has 8 heteroatoms. The van der Waals surface area contributed by atoms with Crippen molar-refractivity contribution >= 4 is 39.6 Å². The molecule has 2 N–H and O–H groups in total. The third kappa shape index (κ3) is 3.84. The number of carbonyl (C=O) groups is 1. The van der Waals surface area contributed by atoms with E-state index in [9.17, 15) is 19.1 Å². The van der Waals surface area contributed by atoms with Gasteiger partial charge in [-0.25, -0.2) is 9.78 Å². The first kappa shape index (κ1) is 19.8. The summed E-state index contributed by atoms with van der Waals surface area (Å²) in [5.41, 5.74) is -0.586. The molecule has 1 unspecified atom stereocenters. The summed E-state index contributed by atoms with van der Waals surface area (Å²) in [6, 6.07) is 1.59. The van der Waals surface area contributed by atoms with Gasteiger partial charge in [0.05, 0.1) is 31.0 Å². The van der Waals surface area contributed by atoms with E-state index in [4.69, 9.17) is 4.74 Å². The second-order valence-corrected chi connectivity index (χ2v) is 7.52. The van der Waals surface area contributed by atoms with E-state index in [0.717, 1.165) is 0 Å². The number of aliphatic hydroxyl groups is 1. The van der Waals surface area contributed by atoms with Gasteiger partial charge in [0, 0.05) is 21.1 Å². The van der Waals surface area contributed by atoms with E-state index in [1.807, 2.05) is 22.6 Å². The molecule has 0 fully saturated rings. The third-order valence-corrected chi connectivity index (χ3v) is 5.01. The first-order valence-corrected chi connectivity index (χ1v) is 8.90. The minimum Gasteiger partial charge on any atom is -0.462 e. The second-order valence-electron chi connectivity index (χ2n) is 6.36. The van der Waals surface area contributed by atoms with Gasteiger partial charge in [-0.1, -0.05) is 13.8 Å². The number of aliphatic hydroxyl groups excluding tert-OH is 1. The molecule has 0 spiro atoms. The molecule has 2 heterocycles. The molecule has 0 bridgehead atoms. The fourth-order valence-corrected chi connectivity index (χ4v) is 3.35. The number of ether oxygens (including phenoxy) is 1. The molecule has 0 amide bonds. The van der Waals surface area contributed by atoms with Crippen LogP contribution in [0.25, 0.3) is 11.0 Å². The number of hydrogen-bond donors (Lipinski definition) is 2. The zero-order chi connectivity index (χ0) is 18.8. The van der Waals surface area contributed by atoms with Crippen LogP contribution in [0.2, 0.25) is 0 Å². The molecule has 0 aliphatic heterocycles. The zero-order valence-electron chi connectivity index (χ0n) is 14.2. The van der Waals surface area contributed by atoms with Crippen LogP contribution in [0.4, 0.5) is 4.39 Å². The Morgan fingerprint density at radius 3 is 2.76 bits per heavy atom. The minimum absolute atomic E-state index is 0.0949. The van der Waals surface area contributed by atoms with Crippen LogP contribution in [0.15, 0.2) is 17.1 Å². The summed E-state index contributed by atoms with van der Waals surface area (Å²) < 4.78 is 18.9. The Balaban J connectivity index is 2.62. The molecular weight excluding hydrogens is 442 g/mol. The third-order valence-electron chi connectivity index (χ3n) is 4.14. The summed E-state index contributed by atoms with van der Waals surface area (Å²) in [6.07, 6.45) is 1.26. The SMILES string of the molecule is CCOC(=O)c1c[nH]c2nc(C(CO)C(C)(C)CF)c(I)cc2c1=O. The number of aromatic nitrogens is 2. The van der Waals surface area contributed by atoms with Crippen LogP contribution in [0.1, 0.15) is 42.7 Å². The van der Waals surface area contributed by atoms with Gasteiger partial charge in [0.1, 0.15) is 11.2 Å². The zero-order valence-corrected chi connectivity index (χ0v) is 16.4. The normalized spacial score (nSPS) is 13.0. The van der Waals surface area contributed by atoms with Crippen molar-refractivity contribution in [2.45, 2.75) is 26.7 Å². The number of esters is 1. The Morgan fingerprint density at radius 2 is 2.20 bits per heavy atom. The number of rotatable bonds is 6. The molecule has 136 valence electrons. The first-order valence-electron chi connectivity index (χ1n) is 7.82. The monoisotopic (exact) mass is 462 g/mol. The molecule has 0 saturated heterocycles. The summed E-state index contributed by atoms with van der Waals surface area (Å²) in [5, 5.41) is 9.97. The van der Waals surface area contributed by atoms with Crippen LogP contribution in [-0.2, 0) is 4.74 Å². The number of H-pyrrole nitrogens is 1. The molecular formula is C17H20FIN2O4. The lowest BCUT2D eigenvalue weighted by Crippen LogP contribution is -2.29. The van der Waals surface area contributed by atoms with Crippen LogP contribution >= 0.6 is 22.6 Å². The number of halogens is 2. The lowest BCUT2D eigenvalue weighted by molar-refractivity contribution is 0.0524. The lowest BCUT2D eigenvalue weighted by atomic mass is 9.78. The van der Waals surface area contributed by atoms with Gasteiger partial charge in [0.15, 0.2) is 0 Å². The number of aromatic amines is 1. The van der Waals surface area contributed by atoms with Gasteiger partial charge < -0.3 is 14.8 Å². The summed E-state index contributed by atoms with van der Waals surface area (Å²) >= 11 is 2.00. The minimum atomic E-state index is -0.805. The van der Waals surface area contributed by atoms with Crippen LogP contribution in [0.3, 0.4) is 0 Å². The summed E-state index contributed by atoms with van der Waals surface area (Å²) in [7, 11) is 0.